The molecule has 6 heteroatoms. The zero-order chi connectivity index (χ0) is 10.7. The van der Waals surface area contributed by atoms with Crippen molar-refractivity contribution in [2.24, 2.45) is 5.11 Å². The molecule has 5 nitrogen and oxygen atoms in total. The van der Waals surface area contributed by atoms with Gasteiger partial charge < -0.3 is 0 Å². The van der Waals surface area contributed by atoms with E-state index in [-0.39, 0.29) is 5.82 Å². The fourth-order valence-electron chi connectivity index (χ4n) is 1.42. The van der Waals surface area contributed by atoms with E-state index >= 15 is 0 Å². The molecule has 0 atom stereocenters. The number of hydrogen-bond acceptors (Lipinski definition) is 2. The van der Waals surface area contributed by atoms with Crippen LogP contribution < -0.4 is 0 Å². The van der Waals surface area contributed by atoms with Crippen molar-refractivity contribution >= 4 is 10.9 Å². The third kappa shape index (κ3) is 1.89. The summed E-state index contributed by atoms with van der Waals surface area (Å²) in [5.74, 6) is -0.280. The summed E-state index contributed by atoms with van der Waals surface area (Å²) in [4.78, 5) is 2.65. The van der Waals surface area contributed by atoms with Crippen LogP contribution in [0.15, 0.2) is 29.5 Å². The van der Waals surface area contributed by atoms with Crippen LogP contribution in [0.5, 0.6) is 0 Å². The largest absolute Gasteiger partial charge is 0.265 e. The lowest BCUT2D eigenvalue weighted by Gasteiger charge is -1.99. The maximum atomic E-state index is 12.8. The number of nitrogens with zero attached hydrogens (tertiary/aromatic N) is 5. The number of rotatable bonds is 3. The van der Waals surface area contributed by atoms with Crippen molar-refractivity contribution in [3.63, 3.8) is 0 Å². The van der Waals surface area contributed by atoms with Crippen LogP contribution in [0.3, 0.4) is 0 Å². The molecule has 0 saturated heterocycles. The zero-order valence-electron chi connectivity index (χ0n) is 7.84. The quantitative estimate of drug-likeness (QED) is 0.431. The van der Waals surface area contributed by atoms with Crippen LogP contribution in [0, 0.1) is 5.82 Å². The topological polar surface area (TPSA) is 66.6 Å². The Morgan fingerprint density at radius 1 is 1.53 bits per heavy atom. The van der Waals surface area contributed by atoms with Gasteiger partial charge in [-0.2, -0.15) is 5.10 Å². The Balaban J connectivity index is 2.32. The predicted molar refractivity (Wildman–Crippen MR) is 53.7 cm³/mol. The molecule has 0 bridgehead atoms. The molecule has 15 heavy (non-hydrogen) atoms. The average molecular weight is 205 g/mol. The van der Waals surface area contributed by atoms with Crippen LogP contribution in [0.25, 0.3) is 21.3 Å². The van der Waals surface area contributed by atoms with Gasteiger partial charge in [-0.25, -0.2) is 4.39 Å². The summed E-state index contributed by atoms with van der Waals surface area (Å²) in [6.07, 6.45) is 1.59. The normalized spacial score (nSPS) is 10.2. The SMILES string of the molecule is [N-]=[N+]=NCCn1ncc2cc(F)ccc21. The first kappa shape index (κ1) is 9.48. The molecule has 0 spiro atoms. The zero-order valence-corrected chi connectivity index (χ0v) is 7.84. The van der Waals surface area contributed by atoms with E-state index in [1.54, 1.807) is 16.9 Å². The van der Waals surface area contributed by atoms with E-state index in [0.717, 1.165) is 10.9 Å². The van der Waals surface area contributed by atoms with Crippen molar-refractivity contribution in [3.8, 4) is 0 Å². The van der Waals surface area contributed by atoms with Gasteiger partial charge in [0.15, 0.2) is 0 Å². The molecule has 0 saturated carbocycles. The molecule has 0 aliphatic rings. The lowest BCUT2D eigenvalue weighted by Crippen LogP contribution is -2.01. The predicted octanol–water partition coefficient (Wildman–Crippen LogP) is 2.49. The number of aromatic nitrogens is 2. The van der Waals surface area contributed by atoms with E-state index in [4.69, 9.17) is 5.53 Å². The van der Waals surface area contributed by atoms with E-state index in [1.165, 1.54) is 12.1 Å². The second kappa shape index (κ2) is 3.98. The van der Waals surface area contributed by atoms with Crippen molar-refractivity contribution in [1.29, 1.82) is 0 Å². The molecule has 0 fully saturated rings. The van der Waals surface area contributed by atoms with Crippen LogP contribution >= 0.6 is 0 Å². The Kier molecular flexibility index (Phi) is 2.51. The van der Waals surface area contributed by atoms with Crippen molar-refractivity contribution in [3.05, 3.63) is 40.7 Å². The molecule has 0 aliphatic heterocycles. The molecule has 0 unspecified atom stereocenters. The average Bonchev–Trinajstić information content (AvgIpc) is 2.61. The molecule has 0 amide bonds. The van der Waals surface area contributed by atoms with Crippen molar-refractivity contribution < 1.29 is 4.39 Å². The first-order valence-electron chi connectivity index (χ1n) is 4.43. The van der Waals surface area contributed by atoms with Gasteiger partial charge in [0, 0.05) is 23.4 Å². The standard InChI is InChI=1S/C9H8FN5/c10-8-1-2-9-7(5-8)6-13-15(9)4-3-12-14-11/h1-2,5-6H,3-4H2. The van der Waals surface area contributed by atoms with Crippen LogP contribution in [0.4, 0.5) is 4.39 Å². The van der Waals surface area contributed by atoms with Gasteiger partial charge in [-0.1, -0.05) is 5.11 Å². The van der Waals surface area contributed by atoms with E-state index in [9.17, 15) is 4.39 Å². The van der Waals surface area contributed by atoms with Crippen LogP contribution in [0.2, 0.25) is 0 Å². The first-order chi connectivity index (χ1) is 7.31. The Labute approximate surface area is 84.7 Å². The van der Waals surface area contributed by atoms with Crippen LogP contribution in [-0.4, -0.2) is 16.3 Å². The number of benzene rings is 1. The van der Waals surface area contributed by atoms with Gasteiger partial charge in [0.25, 0.3) is 0 Å². The molecular weight excluding hydrogens is 197 g/mol. The minimum Gasteiger partial charge on any atom is -0.265 e. The van der Waals surface area contributed by atoms with Crippen molar-refractivity contribution in [2.75, 3.05) is 6.54 Å². The molecule has 0 radical (unpaired) electrons. The monoisotopic (exact) mass is 205 g/mol. The maximum absolute atomic E-state index is 12.8. The Morgan fingerprint density at radius 3 is 3.20 bits per heavy atom. The number of fused-ring (bicyclic) bond motifs is 1. The Bertz CT molecular complexity index is 526. The highest BCUT2D eigenvalue weighted by molar-refractivity contribution is 5.78. The van der Waals surface area contributed by atoms with E-state index in [1.807, 2.05) is 0 Å². The molecule has 1 aromatic heterocycles. The van der Waals surface area contributed by atoms with Crippen molar-refractivity contribution in [2.45, 2.75) is 6.54 Å². The minimum atomic E-state index is -0.280. The molecule has 0 aliphatic carbocycles. The van der Waals surface area contributed by atoms with Gasteiger partial charge >= 0.3 is 0 Å². The van der Waals surface area contributed by atoms with Crippen molar-refractivity contribution in [1.82, 2.24) is 9.78 Å². The van der Waals surface area contributed by atoms with Gasteiger partial charge in [0.2, 0.25) is 0 Å². The maximum Gasteiger partial charge on any atom is 0.124 e. The summed E-state index contributed by atoms with van der Waals surface area (Å²) < 4.78 is 14.5. The van der Waals surface area contributed by atoms with Gasteiger partial charge in [-0.3, -0.25) is 4.68 Å². The molecule has 1 heterocycles. The minimum absolute atomic E-state index is 0.280. The van der Waals surface area contributed by atoms with Gasteiger partial charge in [0.1, 0.15) is 5.82 Å². The summed E-state index contributed by atoms with van der Waals surface area (Å²) in [6, 6.07) is 4.47. The lowest BCUT2D eigenvalue weighted by molar-refractivity contribution is 0.628. The highest BCUT2D eigenvalue weighted by Crippen LogP contribution is 2.14. The molecule has 76 valence electrons. The summed E-state index contributed by atoms with van der Waals surface area (Å²) in [6.45, 7) is 0.837. The molecule has 1 aromatic carbocycles. The summed E-state index contributed by atoms with van der Waals surface area (Å²) in [5.41, 5.74) is 8.96. The summed E-state index contributed by atoms with van der Waals surface area (Å²) in [7, 11) is 0. The second-order valence-electron chi connectivity index (χ2n) is 3.03. The second-order valence-corrected chi connectivity index (χ2v) is 3.03. The number of hydrogen-bond donors (Lipinski definition) is 0. The third-order valence-electron chi connectivity index (χ3n) is 2.08. The smallest absolute Gasteiger partial charge is 0.124 e. The molecule has 0 N–H and O–H groups in total. The number of azide groups is 1. The fraction of sp³-hybridized carbons (Fsp3) is 0.222. The Hall–Kier alpha value is -2.07. The highest BCUT2D eigenvalue weighted by Gasteiger charge is 2.02. The Morgan fingerprint density at radius 2 is 2.40 bits per heavy atom. The summed E-state index contributed by atoms with van der Waals surface area (Å²) in [5, 5.41) is 8.24. The summed E-state index contributed by atoms with van der Waals surface area (Å²) >= 11 is 0. The highest BCUT2D eigenvalue weighted by atomic mass is 19.1. The number of halogens is 1. The van der Waals surface area contributed by atoms with E-state index in [2.05, 4.69) is 15.1 Å². The lowest BCUT2D eigenvalue weighted by atomic mass is 10.2. The van der Waals surface area contributed by atoms with Gasteiger partial charge in [-0.15, -0.1) is 0 Å². The van der Waals surface area contributed by atoms with Crippen LogP contribution in [0.1, 0.15) is 0 Å². The van der Waals surface area contributed by atoms with Gasteiger partial charge in [-0.05, 0) is 23.7 Å². The molecular formula is C9H8FN5. The molecule has 2 rings (SSSR count). The first-order valence-corrected chi connectivity index (χ1v) is 4.43. The van der Waals surface area contributed by atoms with E-state index < -0.39 is 0 Å². The third-order valence-corrected chi connectivity index (χ3v) is 2.08. The fourth-order valence-corrected chi connectivity index (χ4v) is 1.42. The molecule has 2 aromatic rings. The van der Waals surface area contributed by atoms with Crippen LogP contribution in [-0.2, 0) is 6.54 Å². The van der Waals surface area contributed by atoms with Gasteiger partial charge in [0.05, 0.1) is 11.7 Å². The van der Waals surface area contributed by atoms with E-state index in [0.29, 0.717) is 13.1 Å².